The Kier molecular flexibility index (Phi) is 4.80. The van der Waals surface area contributed by atoms with Gasteiger partial charge in [0.2, 0.25) is 0 Å². The lowest BCUT2D eigenvalue weighted by molar-refractivity contribution is 0.0955. The molecule has 0 saturated heterocycles. The molecule has 0 bridgehead atoms. The van der Waals surface area contributed by atoms with Crippen LogP contribution in [0.1, 0.15) is 52.9 Å². The van der Waals surface area contributed by atoms with Gasteiger partial charge in [-0.1, -0.05) is 0 Å². The van der Waals surface area contributed by atoms with Gasteiger partial charge in [0.1, 0.15) is 0 Å². The molecule has 0 unspecified atom stereocenters. The van der Waals surface area contributed by atoms with Crippen LogP contribution in [0, 0.1) is 20.8 Å². The molecule has 0 spiro atoms. The fraction of sp³-hybridized carbons (Fsp3) is 0.474. The van der Waals surface area contributed by atoms with E-state index >= 15 is 0 Å². The van der Waals surface area contributed by atoms with Gasteiger partial charge < -0.3 is 5.32 Å². The Hall–Kier alpha value is -2.70. The van der Waals surface area contributed by atoms with Crippen molar-refractivity contribution in [3.8, 4) is 0 Å². The molecule has 3 aromatic rings. The smallest absolute Gasteiger partial charge is 0.252 e. The van der Waals surface area contributed by atoms with E-state index in [2.05, 4.69) is 34.3 Å². The monoisotopic (exact) mass is 354 g/mol. The van der Waals surface area contributed by atoms with Crippen molar-refractivity contribution in [2.24, 2.45) is 7.05 Å². The second kappa shape index (κ2) is 6.90. The number of nitrogens with zero attached hydrogens (tertiary/aromatic N) is 5. The number of fused-ring (bicyclic) bond motifs is 1. The molecule has 0 aliphatic rings. The molecule has 3 heterocycles. The van der Waals surface area contributed by atoms with Crippen molar-refractivity contribution >= 4 is 16.9 Å². The highest BCUT2D eigenvalue weighted by Crippen LogP contribution is 2.21. The van der Waals surface area contributed by atoms with Gasteiger partial charge in [-0.2, -0.15) is 10.2 Å². The summed E-state index contributed by atoms with van der Waals surface area (Å²) in [4.78, 5) is 17.3. The second-order valence-corrected chi connectivity index (χ2v) is 7.01. The third-order valence-electron chi connectivity index (χ3n) is 4.75. The van der Waals surface area contributed by atoms with Crippen LogP contribution in [-0.2, 0) is 13.5 Å². The summed E-state index contributed by atoms with van der Waals surface area (Å²) in [5.41, 5.74) is 5.53. The van der Waals surface area contributed by atoms with Gasteiger partial charge in [0.25, 0.3) is 5.91 Å². The van der Waals surface area contributed by atoms with Gasteiger partial charge in [-0.05, 0) is 52.7 Å². The molecule has 1 N–H and O–H groups in total. The summed E-state index contributed by atoms with van der Waals surface area (Å²) < 4.78 is 3.73. The van der Waals surface area contributed by atoms with Crippen molar-refractivity contribution in [2.75, 3.05) is 6.54 Å². The Morgan fingerprint density at radius 2 is 2.00 bits per heavy atom. The van der Waals surface area contributed by atoms with Gasteiger partial charge >= 0.3 is 0 Å². The summed E-state index contributed by atoms with van der Waals surface area (Å²) in [5, 5.41) is 12.6. The fourth-order valence-electron chi connectivity index (χ4n) is 3.28. The van der Waals surface area contributed by atoms with Crippen molar-refractivity contribution in [1.29, 1.82) is 0 Å². The first-order valence-electron chi connectivity index (χ1n) is 8.91. The van der Waals surface area contributed by atoms with Gasteiger partial charge in [-0.15, -0.1) is 0 Å². The lowest BCUT2D eigenvalue weighted by atomic mass is 10.1. The molecule has 7 nitrogen and oxygen atoms in total. The van der Waals surface area contributed by atoms with Crippen molar-refractivity contribution in [3.63, 3.8) is 0 Å². The third-order valence-corrected chi connectivity index (χ3v) is 4.75. The third kappa shape index (κ3) is 3.21. The number of carbonyl (C=O) groups excluding carboxylic acids is 1. The molecule has 0 aliphatic carbocycles. The number of pyridine rings is 1. The first-order chi connectivity index (χ1) is 12.3. The lowest BCUT2D eigenvalue weighted by Gasteiger charge is -2.10. The molecule has 138 valence electrons. The molecule has 26 heavy (non-hydrogen) atoms. The van der Waals surface area contributed by atoms with Crippen molar-refractivity contribution in [1.82, 2.24) is 29.9 Å². The van der Waals surface area contributed by atoms with Crippen LogP contribution >= 0.6 is 0 Å². The summed E-state index contributed by atoms with van der Waals surface area (Å²) in [5.74, 6) is -0.0944. The number of rotatable bonds is 5. The van der Waals surface area contributed by atoms with E-state index in [0.29, 0.717) is 12.1 Å². The van der Waals surface area contributed by atoms with E-state index < -0.39 is 0 Å². The second-order valence-electron chi connectivity index (χ2n) is 7.01. The van der Waals surface area contributed by atoms with Crippen LogP contribution in [0.3, 0.4) is 0 Å². The normalized spacial score (nSPS) is 11.5. The zero-order valence-corrected chi connectivity index (χ0v) is 16.3. The minimum absolute atomic E-state index is 0.0944. The van der Waals surface area contributed by atoms with Crippen LogP contribution in [-0.4, -0.2) is 37.0 Å². The van der Waals surface area contributed by atoms with Crippen LogP contribution in [0.2, 0.25) is 0 Å². The largest absolute Gasteiger partial charge is 0.352 e. The maximum atomic E-state index is 12.8. The zero-order valence-electron chi connectivity index (χ0n) is 16.3. The zero-order chi connectivity index (χ0) is 19.0. The van der Waals surface area contributed by atoms with E-state index in [1.165, 1.54) is 5.56 Å². The van der Waals surface area contributed by atoms with Crippen molar-refractivity contribution < 1.29 is 4.79 Å². The minimum Gasteiger partial charge on any atom is -0.352 e. The summed E-state index contributed by atoms with van der Waals surface area (Å²) in [6, 6.07) is 2.01. The van der Waals surface area contributed by atoms with Crippen LogP contribution in [0.5, 0.6) is 0 Å². The van der Waals surface area contributed by atoms with Gasteiger partial charge in [0, 0.05) is 31.0 Å². The standard InChI is InChI=1S/C19H26N6O/c1-11(2)25-18-17(10-21-25)16(9-12(3)22-18)19(26)20-8-7-15-13(4)23-24(6)14(15)5/h9-11H,7-8H2,1-6H3,(H,20,26). The molecule has 0 saturated carbocycles. The predicted octanol–water partition coefficient (Wildman–Crippen LogP) is 2.64. The molecular formula is C19H26N6O. The van der Waals surface area contributed by atoms with Gasteiger partial charge in [-0.25, -0.2) is 9.67 Å². The maximum Gasteiger partial charge on any atom is 0.252 e. The van der Waals surface area contributed by atoms with E-state index in [-0.39, 0.29) is 11.9 Å². The molecule has 0 atom stereocenters. The van der Waals surface area contributed by atoms with Crippen LogP contribution in [0.25, 0.3) is 11.0 Å². The number of hydrogen-bond donors (Lipinski definition) is 1. The highest BCUT2D eigenvalue weighted by Gasteiger charge is 2.17. The summed E-state index contributed by atoms with van der Waals surface area (Å²) in [7, 11) is 1.94. The van der Waals surface area contributed by atoms with Crippen LogP contribution < -0.4 is 5.32 Å². The van der Waals surface area contributed by atoms with Gasteiger partial charge in [-0.3, -0.25) is 9.48 Å². The Bertz CT molecular complexity index is 966. The first kappa shape index (κ1) is 18.1. The average molecular weight is 354 g/mol. The molecule has 3 aromatic heterocycles. The van der Waals surface area contributed by atoms with Gasteiger partial charge in [0.15, 0.2) is 5.65 Å². The number of nitrogens with one attached hydrogen (secondary N) is 1. The summed E-state index contributed by atoms with van der Waals surface area (Å²) >= 11 is 0. The predicted molar refractivity (Wildman–Crippen MR) is 101 cm³/mol. The Balaban J connectivity index is 1.80. The number of carbonyl (C=O) groups is 1. The molecule has 0 radical (unpaired) electrons. The van der Waals surface area contributed by atoms with E-state index in [1.54, 1.807) is 6.20 Å². The topological polar surface area (TPSA) is 77.6 Å². The summed E-state index contributed by atoms with van der Waals surface area (Å²) in [6.45, 7) is 10.6. The van der Waals surface area contributed by atoms with Crippen LogP contribution in [0.15, 0.2) is 12.3 Å². The Morgan fingerprint density at radius 1 is 1.27 bits per heavy atom. The summed E-state index contributed by atoms with van der Waals surface area (Å²) in [6.07, 6.45) is 2.49. The fourth-order valence-corrected chi connectivity index (χ4v) is 3.28. The Morgan fingerprint density at radius 3 is 2.62 bits per heavy atom. The van der Waals surface area contributed by atoms with Crippen molar-refractivity contribution in [3.05, 3.63) is 40.5 Å². The molecule has 7 heteroatoms. The first-order valence-corrected chi connectivity index (χ1v) is 8.91. The van der Waals surface area contributed by atoms with E-state index in [0.717, 1.165) is 34.5 Å². The number of amides is 1. The highest BCUT2D eigenvalue weighted by atomic mass is 16.1. The molecule has 0 fully saturated rings. The SMILES string of the molecule is Cc1cc(C(=O)NCCc2c(C)nn(C)c2C)c2cnn(C(C)C)c2n1. The highest BCUT2D eigenvalue weighted by molar-refractivity contribution is 6.05. The van der Waals surface area contributed by atoms with E-state index in [4.69, 9.17) is 0 Å². The van der Waals surface area contributed by atoms with Crippen LogP contribution in [0.4, 0.5) is 0 Å². The average Bonchev–Trinajstić information content (AvgIpc) is 3.09. The maximum absolute atomic E-state index is 12.8. The molecule has 1 amide bonds. The van der Waals surface area contributed by atoms with E-state index in [9.17, 15) is 4.79 Å². The van der Waals surface area contributed by atoms with E-state index in [1.807, 2.05) is 43.2 Å². The van der Waals surface area contributed by atoms with Gasteiger partial charge in [0.05, 0.1) is 22.8 Å². The lowest BCUT2D eigenvalue weighted by Crippen LogP contribution is -2.26. The number of hydrogen-bond acceptors (Lipinski definition) is 4. The van der Waals surface area contributed by atoms with Crippen molar-refractivity contribution in [2.45, 2.75) is 47.1 Å². The Labute approximate surface area is 153 Å². The molecular weight excluding hydrogens is 328 g/mol. The molecule has 0 aromatic carbocycles. The quantitative estimate of drug-likeness (QED) is 0.764. The molecule has 3 rings (SSSR count). The number of aromatic nitrogens is 5. The minimum atomic E-state index is -0.0944. The number of aryl methyl sites for hydroxylation is 3. The molecule has 0 aliphatic heterocycles.